The van der Waals surface area contributed by atoms with E-state index in [1.165, 1.54) is 0 Å². The Hall–Kier alpha value is -1.69. The van der Waals surface area contributed by atoms with Gasteiger partial charge in [-0.05, 0) is 39.0 Å². The van der Waals surface area contributed by atoms with Crippen LogP contribution in [0, 0.1) is 11.3 Å². The van der Waals surface area contributed by atoms with E-state index in [4.69, 9.17) is 10.00 Å². The third kappa shape index (κ3) is 2.66. The molecule has 3 heteroatoms. The average molecular weight is 218 g/mol. The minimum Gasteiger partial charge on any atom is -0.492 e. The van der Waals surface area contributed by atoms with Gasteiger partial charge in [0.15, 0.2) is 0 Å². The van der Waals surface area contributed by atoms with Gasteiger partial charge in [0, 0.05) is 18.8 Å². The highest BCUT2D eigenvalue weighted by Gasteiger charge is 2.07. The third-order valence-corrected chi connectivity index (χ3v) is 2.51. The van der Waals surface area contributed by atoms with Crippen molar-refractivity contribution in [2.75, 3.05) is 24.6 Å². The summed E-state index contributed by atoms with van der Waals surface area (Å²) in [5.41, 5.74) is 1.68. The standard InChI is InChI=1S/C13H18N2O/c1-4-15(5-2)12-7-8-13(16-6-3)11(9-12)10-14/h7-9H,4-6H2,1-3H3. The Labute approximate surface area is 97.3 Å². The van der Waals surface area contributed by atoms with E-state index < -0.39 is 0 Å². The van der Waals surface area contributed by atoms with Crippen LogP contribution in [0.15, 0.2) is 18.2 Å². The fourth-order valence-corrected chi connectivity index (χ4v) is 1.67. The van der Waals surface area contributed by atoms with Crippen LogP contribution in [-0.2, 0) is 0 Å². The Bertz CT molecular complexity index is 378. The highest BCUT2D eigenvalue weighted by molar-refractivity contribution is 5.57. The van der Waals surface area contributed by atoms with Crippen molar-refractivity contribution >= 4 is 5.69 Å². The Morgan fingerprint density at radius 3 is 2.44 bits per heavy atom. The molecule has 0 N–H and O–H groups in total. The van der Waals surface area contributed by atoms with E-state index in [9.17, 15) is 0 Å². The molecule has 1 rings (SSSR count). The van der Waals surface area contributed by atoms with Crippen molar-refractivity contribution in [2.45, 2.75) is 20.8 Å². The van der Waals surface area contributed by atoms with Gasteiger partial charge in [-0.15, -0.1) is 0 Å². The first-order chi connectivity index (χ1) is 7.76. The van der Waals surface area contributed by atoms with Gasteiger partial charge in [-0.3, -0.25) is 0 Å². The SMILES string of the molecule is CCOc1ccc(N(CC)CC)cc1C#N. The van der Waals surface area contributed by atoms with Crippen LogP contribution in [0.2, 0.25) is 0 Å². The molecule has 0 radical (unpaired) electrons. The monoisotopic (exact) mass is 218 g/mol. The fourth-order valence-electron chi connectivity index (χ4n) is 1.67. The molecule has 0 aliphatic carbocycles. The summed E-state index contributed by atoms with van der Waals surface area (Å²) in [4.78, 5) is 2.20. The molecule has 0 aliphatic rings. The highest BCUT2D eigenvalue weighted by atomic mass is 16.5. The zero-order valence-electron chi connectivity index (χ0n) is 10.2. The van der Waals surface area contributed by atoms with Crippen molar-refractivity contribution in [3.8, 4) is 11.8 Å². The summed E-state index contributed by atoms with van der Waals surface area (Å²) in [6.45, 7) is 8.58. The van der Waals surface area contributed by atoms with Crippen LogP contribution in [0.1, 0.15) is 26.3 Å². The van der Waals surface area contributed by atoms with Gasteiger partial charge in [0.05, 0.1) is 12.2 Å². The molecule has 0 amide bonds. The summed E-state index contributed by atoms with van der Waals surface area (Å²) in [6.07, 6.45) is 0. The third-order valence-electron chi connectivity index (χ3n) is 2.51. The molecule has 1 aromatic rings. The first-order valence-electron chi connectivity index (χ1n) is 5.68. The molecule has 0 bridgehead atoms. The molecule has 0 saturated heterocycles. The number of rotatable bonds is 5. The zero-order chi connectivity index (χ0) is 12.0. The van der Waals surface area contributed by atoms with E-state index in [1.54, 1.807) is 0 Å². The maximum atomic E-state index is 9.05. The minimum atomic E-state index is 0.583. The van der Waals surface area contributed by atoms with Crippen molar-refractivity contribution in [1.82, 2.24) is 0 Å². The van der Waals surface area contributed by atoms with Gasteiger partial charge < -0.3 is 9.64 Å². The second-order valence-electron chi connectivity index (χ2n) is 3.40. The van der Waals surface area contributed by atoms with Crippen LogP contribution in [0.3, 0.4) is 0 Å². The fraction of sp³-hybridized carbons (Fsp3) is 0.462. The van der Waals surface area contributed by atoms with E-state index in [-0.39, 0.29) is 0 Å². The van der Waals surface area contributed by atoms with E-state index in [0.717, 1.165) is 18.8 Å². The molecule has 0 unspecified atom stereocenters. The first kappa shape index (κ1) is 12.4. The van der Waals surface area contributed by atoms with Crippen LogP contribution >= 0.6 is 0 Å². The topological polar surface area (TPSA) is 36.3 Å². The van der Waals surface area contributed by atoms with Crippen LogP contribution < -0.4 is 9.64 Å². The average Bonchev–Trinajstić information content (AvgIpc) is 2.32. The minimum absolute atomic E-state index is 0.583. The van der Waals surface area contributed by atoms with Gasteiger partial charge in [-0.25, -0.2) is 0 Å². The summed E-state index contributed by atoms with van der Waals surface area (Å²) < 4.78 is 5.39. The van der Waals surface area contributed by atoms with Crippen molar-refractivity contribution in [2.24, 2.45) is 0 Å². The number of hydrogen-bond donors (Lipinski definition) is 0. The lowest BCUT2D eigenvalue weighted by atomic mass is 10.2. The molecule has 1 aromatic carbocycles. The Morgan fingerprint density at radius 2 is 1.94 bits per heavy atom. The maximum absolute atomic E-state index is 9.05. The number of ether oxygens (including phenoxy) is 1. The molecule has 3 nitrogen and oxygen atoms in total. The Balaban J connectivity index is 3.04. The Kier molecular flexibility index (Phi) is 4.65. The smallest absolute Gasteiger partial charge is 0.137 e. The highest BCUT2D eigenvalue weighted by Crippen LogP contribution is 2.24. The maximum Gasteiger partial charge on any atom is 0.137 e. The number of nitriles is 1. The molecule has 0 aromatic heterocycles. The van der Waals surface area contributed by atoms with Crippen molar-refractivity contribution in [3.63, 3.8) is 0 Å². The largest absolute Gasteiger partial charge is 0.492 e. The molecule has 0 aliphatic heterocycles. The van der Waals surface area contributed by atoms with Crippen molar-refractivity contribution < 1.29 is 4.74 Å². The first-order valence-corrected chi connectivity index (χ1v) is 5.68. The van der Waals surface area contributed by atoms with Crippen molar-refractivity contribution in [1.29, 1.82) is 5.26 Å². The van der Waals surface area contributed by atoms with E-state index >= 15 is 0 Å². The Morgan fingerprint density at radius 1 is 1.25 bits per heavy atom. The summed E-state index contributed by atoms with van der Waals surface area (Å²) >= 11 is 0. The normalized spacial score (nSPS) is 9.62. The van der Waals surface area contributed by atoms with Gasteiger partial charge >= 0.3 is 0 Å². The number of anilines is 1. The predicted octanol–water partition coefficient (Wildman–Crippen LogP) is 2.80. The lowest BCUT2D eigenvalue weighted by Gasteiger charge is -2.21. The van der Waals surface area contributed by atoms with E-state index in [0.29, 0.717) is 17.9 Å². The van der Waals surface area contributed by atoms with Gasteiger partial charge in [0.2, 0.25) is 0 Å². The molecular weight excluding hydrogens is 200 g/mol. The van der Waals surface area contributed by atoms with E-state index in [2.05, 4.69) is 24.8 Å². The number of benzene rings is 1. The van der Waals surface area contributed by atoms with Gasteiger partial charge in [-0.2, -0.15) is 5.26 Å². The van der Waals surface area contributed by atoms with Gasteiger partial charge in [0.25, 0.3) is 0 Å². The molecule has 0 atom stereocenters. The van der Waals surface area contributed by atoms with Crippen LogP contribution in [-0.4, -0.2) is 19.7 Å². The number of nitrogens with zero attached hydrogens (tertiary/aromatic N) is 2. The van der Waals surface area contributed by atoms with Crippen LogP contribution in [0.4, 0.5) is 5.69 Å². The summed E-state index contributed by atoms with van der Waals surface area (Å²) in [5, 5.41) is 9.05. The lowest BCUT2D eigenvalue weighted by Crippen LogP contribution is -2.21. The second kappa shape index (κ2) is 6.02. The predicted molar refractivity (Wildman–Crippen MR) is 65.9 cm³/mol. The molecule has 0 fully saturated rings. The quantitative estimate of drug-likeness (QED) is 0.762. The lowest BCUT2D eigenvalue weighted by molar-refractivity contribution is 0.339. The van der Waals surface area contributed by atoms with Gasteiger partial charge in [-0.1, -0.05) is 0 Å². The zero-order valence-corrected chi connectivity index (χ0v) is 10.2. The van der Waals surface area contributed by atoms with Gasteiger partial charge in [0.1, 0.15) is 11.8 Å². The van der Waals surface area contributed by atoms with E-state index in [1.807, 2.05) is 25.1 Å². The molecule has 0 saturated carbocycles. The second-order valence-corrected chi connectivity index (χ2v) is 3.40. The molecule has 0 spiro atoms. The molecule has 0 heterocycles. The molecule has 86 valence electrons. The van der Waals surface area contributed by atoms with Crippen molar-refractivity contribution in [3.05, 3.63) is 23.8 Å². The van der Waals surface area contributed by atoms with Crippen LogP contribution in [0.25, 0.3) is 0 Å². The number of hydrogen-bond acceptors (Lipinski definition) is 3. The summed E-state index contributed by atoms with van der Waals surface area (Å²) in [5.74, 6) is 0.668. The summed E-state index contributed by atoms with van der Waals surface area (Å²) in [6, 6.07) is 7.93. The molecular formula is C13H18N2O. The molecule has 16 heavy (non-hydrogen) atoms. The van der Waals surface area contributed by atoms with Crippen LogP contribution in [0.5, 0.6) is 5.75 Å². The summed E-state index contributed by atoms with van der Waals surface area (Å²) in [7, 11) is 0.